The highest BCUT2D eigenvalue weighted by atomic mass is 35.5. The number of carbonyl (C=O) groups is 1. The Morgan fingerprint density at radius 2 is 1.88 bits per heavy atom. The van der Waals surface area contributed by atoms with E-state index in [4.69, 9.17) is 10.5 Å². The van der Waals surface area contributed by atoms with Crippen molar-refractivity contribution in [1.82, 2.24) is 10.2 Å². The first-order valence-electron chi connectivity index (χ1n) is 8.72. The first-order valence-corrected chi connectivity index (χ1v) is 8.72. The second kappa shape index (κ2) is 9.58. The van der Waals surface area contributed by atoms with Crippen LogP contribution in [0.15, 0.2) is 0 Å². The molecule has 7 heteroatoms. The Kier molecular flexibility index (Phi) is 9.55. The third-order valence-corrected chi connectivity index (χ3v) is 5.93. The highest BCUT2D eigenvalue weighted by Crippen LogP contribution is 2.49. The molecule has 2 aliphatic carbocycles. The molecule has 2 atom stereocenters. The third-order valence-electron chi connectivity index (χ3n) is 5.93. The number of hydrogen-bond acceptors (Lipinski definition) is 4. The topological polar surface area (TPSA) is 67.6 Å². The van der Waals surface area contributed by atoms with Crippen LogP contribution in [0.25, 0.3) is 0 Å². The normalized spacial score (nSPS) is 28.7. The number of halogens is 2. The van der Waals surface area contributed by atoms with Gasteiger partial charge in [-0.3, -0.25) is 4.79 Å². The minimum Gasteiger partial charge on any atom is -0.378 e. The molecule has 2 saturated carbocycles. The van der Waals surface area contributed by atoms with Gasteiger partial charge in [-0.2, -0.15) is 0 Å². The summed E-state index contributed by atoms with van der Waals surface area (Å²) >= 11 is 0. The highest BCUT2D eigenvalue weighted by molar-refractivity contribution is 5.88. The molecule has 2 fully saturated rings. The van der Waals surface area contributed by atoms with E-state index in [1.807, 2.05) is 20.8 Å². The molecule has 0 aromatic heterocycles. The Labute approximate surface area is 159 Å². The minimum atomic E-state index is -0.807. The number of likely N-dealkylation sites (N-methyl/N-ethyl adjacent to an activating group) is 1. The van der Waals surface area contributed by atoms with Crippen molar-refractivity contribution in [2.24, 2.45) is 11.1 Å². The van der Waals surface area contributed by atoms with E-state index in [2.05, 4.69) is 17.3 Å². The Morgan fingerprint density at radius 3 is 2.38 bits per heavy atom. The summed E-state index contributed by atoms with van der Waals surface area (Å²) in [7, 11) is 2.15. The molecule has 0 aliphatic heterocycles. The lowest BCUT2D eigenvalue weighted by atomic mass is 9.54. The van der Waals surface area contributed by atoms with Crippen molar-refractivity contribution in [3.8, 4) is 0 Å². The van der Waals surface area contributed by atoms with E-state index < -0.39 is 5.54 Å². The summed E-state index contributed by atoms with van der Waals surface area (Å²) in [6, 6.07) is 0.686. The van der Waals surface area contributed by atoms with Crippen LogP contribution in [0.4, 0.5) is 0 Å². The molecule has 0 saturated heterocycles. The Balaban J connectivity index is 0.00000264. The zero-order valence-corrected chi connectivity index (χ0v) is 17.1. The van der Waals surface area contributed by atoms with Crippen molar-refractivity contribution in [1.29, 1.82) is 0 Å². The number of nitrogens with two attached hydrogens (primary N) is 1. The summed E-state index contributed by atoms with van der Waals surface area (Å²) in [6.07, 6.45) is 5.93. The molecule has 2 rings (SSSR count). The molecule has 1 amide bonds. The molecule has 0 spiro atoms. The van der Waals surface area contributed by atoms with Gasteiger partial charge in [-0.15, -0.1) is 24.8 Å². The Hall–Kier alpha value is -0.0700. The molecule has 0 aromatic rings. The van der Waals surface area contributed by atoms with Gasteiger partial charge < -0.3 is 20.7 Å². The first-order chi connectivity index (χ1) is 10.3. The molecule has 2 aliphatic rings. The molecule has 0 bridgehead atoms. The molecule has 0 heterocycles. The summed E-state index contributed by atoms with van der Waals surface area (Å²) in [5.41, 5.74) is 5.26. The van der Waals surface area contributed by atoms with Crippen LogP contribution in [0, 0.1) is 5.41 Å². The van der Waals surface area contributed by atoms with Crippen molar-refractivity contribution in [2.45, 2.75) is 70.6 Å². The van der Waals surface area contributed by atoms with Crippen molar-refractivity contribution < 1.29 is 9.53 Å². The second-order valence-electron chi connectivity index (χ2n) is 7.52. The number of carbonyl (C=O) groups excluding carboxylic acids is 1. The number of amides is 1. The third kappa shape index (κ3) is 4.55. The second-order valence-corrected chi connectivity index (χ2v) is 7.52. The number of hydrogen-bond donors (Lipinski definition) is 2. The van der Waals surface area contributed by atoms with Crippen LogP contribution in [0.3, 0.4) is 0 Å². The minimum absolute atomic E-state index is 0. The van der Waals surface area contributed by atoms with Crippen molar-refractivity contribution >= 4 is 30.7 Å². The predicted octanol–water partition coefficient (Wildman–Crippen LogP) is 2.35. The smallest absolute Gasteiger partial charge is 0.240 e. The maximum atomic E-state index is 12.5. The molecule has 24 heavy (non-hydrogen) atoms. The number of rotatable bonds is 7. The van der Waals surface area contributed by atoms with Crippen molar-refractivity contribution in [3.63, 3.8) is 0 Å². The van der Waals surface area contributed by atoms with Crippen LogP contribution in [0.1, 0.15) is 52.9 Å². The van der Waals surface area contributed by atoms with Crippen LogP contribution in [0.5, 0.6) is 0 Å². The lowest BCUT2D eigenvalue weighted by molar-refractivity contribution is -0.170. The van der Waals surface area contributed by atoms with Gasteiger partial charge in [-0.1, -0.05) is 26.7 Å². The Morgan fingerprint density at radius 1 is 1.29 bits per heavy atom. The van der Waals surface area contributed by atoms with E-state index in [1.54, 1.807) is 0 Å². The van der Waals surface area contributed by atoms with Gasteiger partial charge in [0.15, 0.2) is 0 Å². The highest BCUT2D eigenvalue weighted by Gasteiger charge is 2.62. The van der Waals surface area contributed by atoms with Gasteiger partial charge in [0, 0.05) is 37.6 Å². The SMILES string of the molecule is CCOC1CC(N)(C(=O)NCCN(C)C2CCCC2)C1(C)C.Cl.Cl. The van der Waals surface area contributed by atoms with Gasteiger partial charge in [0.05, 0.1) is 6.10 Å². The summed E-state index contributed by atoms with van der Waals surface area (Å²) in [6.45, 7) is 8.26. The van der Waals surface area contributed by atoms with Crippen LogP contribution >= 0.6 is 24.8 Å². The van der Waals surface area contributed by atoms with Crippen molar-refractivity contribution in [2.75, 3.05) is 26.7 Å². The average molecular weight is 384 g/mol. The van der Waals surface area contributed by atoms with E-state index in [0.717, 1.165) is 6.54 Å². The standard InChI is InChI=1S/C17H33N3O2.2ClH/c1-5-22-14-12-17(18,16(14,2)3)15(21)19-10-11-20(4)13-8-6-7-9-13;;/h13-14H,5-12,18H2,1-4H3,(H,19,21);2*1H. The summed E-state index contributed by atoms with van der Waals surface area (Å²) in [5, 5.41) is 3.04. The van der Waals surface area contributed by atoms with Crippen LogP contribution in [0.2, 0.25) is 0 Å². The van der Waals surface area contributed by atoms with E-state index in [-0.39, 0.29) is 42.2 Å². The summed E-state index contributed by atoms with van der Waals surface area (Å²) in [4.78, 5) is 14.9. The first kappa shape index (κ1) is 23.9. The fourth-order valence-corrected chi connectivity index (χ4v) is 3.85. The Bertz CT molecular complexity index is 403. The van der Waals surface area contributed by atoms with Gasteiger partial charge in [-0.05, 0) is 26.8 Å². The van der Waals surface area contributed by atoms with Gasteiger partial charge in [0.2, 0.25) is 5.91 Å². The van der Waals surface area contributed by atoms with Crippen LogP contribution < -0.4 is 11.1 Å². The monoisotopic (exact) mass is 383 g/mol. The van der Waals surface area contributed by atoms with Gasteiger partial charge in [-0.25, -0.2) is 0 Å². The fourth-order valence-electron chi connectivity index (χ4n) is 3.85. The van der Waals surface area contributed by atoms with E-state index in [1.165, 1.54) is 25.7 Å². The van der Waals surface area contributed by atoms with Gasteiger partial charge >= 0.3 is 0 Å². The number of nitrogens with zero attached hydrogens (tertiary/aromatic N) is 1. The van der Waals surface area contributed by atoms with Gasteiger partial charge in [0.25, 0.3) is 0 Å². The van der Waals surface area contributed by atoms with E-state index in [9.17, 15) is 4.79 Å². The molecule has 144 valence electrons. The maximum absolute atomic E-state index is 12.5. The van der Waals surface area contributed by atoms with E-state index >= 15 is 0 Å². The quantitative estimate of drug-likeness (QED) is 0.707. The molecular formula is C17H35Cl2N3O2. The maximum Gasteiger partial charge on any atom is 0.240 e. The number of nitrogens with one attached hydrogen (secondary N) is 1. The molecule has 2 unspecified atom stereocenters. The lowest BCUT2D eigenvalue weighted by Crippen LogP contribution is -2.75. The van der Waals surface area contributed by atoms with Gasteiger partial charge in [0.1, 0.15) is 5.54 Å². The van der Waals surface area contributed by atoms with E-state index in [0.29, 0.717) is 25.6 Å². The molecule has 3 N–H and O–H groups in total. The largest absolute Gasteiger partial charge is 0.378 e. The zero-order valence-electron chi connectivity index (χ0n) is 15.5. The average Bonchev–Trinajstić information content (AvgIpc) is 3.00. The molecule has 0 radical (unpaired) electrons. The number of ether oxygens (including phenoxy) is 1. The molecular weight excluding hydrogens is 349 g/mol. The zero-order chi connectivity index (χ0) is 16.4. The van der Waals surface area contributed by atoms with Crippen LogP contribution in [-0.4, -0.2) is 55.2 Å². The summed E-state index contributed by atoms with van der Waals surface area (Å²) < 4.78 is 5.68. The predicted molar refractivity (Wildman–Crippen MR) is 103 cm³/mol. The van der Waals surface area contributed by atoms with Crippen molar-refractivity contribution in [3.05, 3.63) is 0 Å². The lowest BCUT2D eigenvalue weighted by Gasteiger charge is -2.57. The molecule has 0 aromatic carbocycles. The molecule has 5 nitrogen and oxygen atoms in total. The van der Waals surface area contributed by atoms with Crippen LogP contribution in [-0.2, 0) is 9.53 Å². The summed E-state index contributed by atoms with van der Waals surface area (Å²) in [5.74, 6) is -0.0340. The fraction of sp³-hybridized carbons (Fsp3) is 0.941.